The van der Waals surface area contributed by atoms with Gasteiger partial charge >= 0.3 is 6.18 Å². The number of hydrogen-bond acceptors (Lipinski definition) is 3. The Labute approximate surface area is 117 Å². The molecular weight excluding hydrogens is 291 g/mol. The van der Waals surface area contributed by atoms with E-state index in [0.717, 1.165) is 0 Å². The molecule has 0 fully saturated rings. The molecule has 0 saturated carbocycles. The predicted octanol–water partition coefficient (Wildman–Crippen LogP) is 3.62. The van der Waals surface area contributed by atoms with Crippen LogP contribution >= 0.6 is 0 Å². The first-order valence-electron chi connectivity index (χ1n) is 6.38. The van der Waals surface area contributed by atoms with Gasteiger partial charge in [0, 0.05) is 13.0 Å². The molecule has 1 N–H and O–H groups in total. The molecule has 0 amide bonds. The molecule has 3 nitrogen and oxygen atoms in total. The highest BCUT2D eigenvalue weighted by molar-refractivity contribution is 7.91. The maximum Gasteiger partial charge on any atom is 0.389 e. The lowest BCUT2D eigenvalue weighted by Crippen LogP contribution is -2.13. The number of hydrogen-bond donors (Lipinski definition) is 1. The highest BCUT2D eigenvalue weighted by Gasteiger charge is 2.26. The summed E-state index contributed by atoms with van der Waals surface area (Å²) in [7, 11) is -3.39. The Bertz CT molecular complexity index is 527. The van der Waals surface area contributed by atoms with Gasteiger partial charge in [0.05, 0.1) is 16.3 Å². The maximum absolute atomic E-state index is 12.0. The minimum absolute atomic E-state index is 0.0221. The zero-order valence-corrected chi connectivity index (χ0v) is 12.0. The quantitative estimate of drug-likeness (QED) is 0.782. The first kappa shape index (κ1) is 16.8. The molecular formula is C13H18F3NO2S. The molecule has 1 aromatic rings. The van der Waals surface area contributed by atoms with Crippen molar-refractivity contribution in [1.82, 2.24) is 0 Å². The van der Waals surface area contributed by atoms with Gasteiger partial charge in [0.25, 0.3) is 0 Å². The summed E-state index contributed by atoms with van der Waals surface area (Å²) in [4.78, 5) is 0.147. The third-order valence-corrected chi connectivity index (χ3v) is 4.62. The fraction of sp³-hybridized carbons (Fsp3) is 0.538. The Hall–Kier alpha value is -1.24. The first-order valence-corrected chi connectivity index (χ1v) is 8.04. The van der Waals surface area contributed by atoms with E-state index in [1.54, 1.807) is 25.1 Å². The zero-order chi connectivity index (χ0) is 15.2. The summed E-state index contributed by atoms with van der Waals surface area (Å²) < 4.78 is 60.1. The molecule has 0 aromatic heterocycles. The van der Waals surface area contributed by atoms with Crippen molar-refractivity contribution in [2.75, 3.05) is 17.6 Å². The summed E-state index contributed by atoms with van der Waals surface area (Å²) >= 11 is 0. The average Bonchev–Trinajstić information content (AvgIpc) is 2.34. The molecule has 0 bridgehead atoms. The van der Waals surface area contributed by atoms with E-state index < -0.39 is 22.4 Å². The molecule has 0 unspecified atom stereocenters. The standard InChI is InChI=1S/C13H18F3NO2S/c1-2-10-20(18,19)12-7-4-3-6-11(12)17-9-5-8-13(14,15)16/h3-4,6-7,17H,2,5,8-10H2,1H3. The van der Waals surface area contributed by atoms with E-state index >= 15 is 0 Å². The number of benzene rings is 1. The highest BCUT2D eigenvalue weighted by Crippen LogP contribution is 2.24. The van der Waals surface area contributed by atoms with Gasteiger partial charge in [-0.05, 0) is 25.0 Å². The largest absolute Gasteiger partial charge is 0.389 e. The van der Waals surface area contributed by atoms with Crippen LogP contribution in [0, 0.1) is 0 Å². The van der Waals surface area contributed by atoms with Crippen molar-refractivity contribution in [2.45, 2.75) is 37.3 Å². The number of alkyl halides is 3. The van der Waals surface area contributed by atoms with Crippen molar-refractivity contribution in [3.63, 3.8) is 0 Å². The van der Waals surface area contributed by atoms with Gasteiger partial charge in [-0.25, -0.2) is 8.42 Å². The van der Waals surface area contributed by atoms with E-state index in [2.05, 4.69) is 5.32 Å². The monoisotopic (exact) mass is 309 g/mol. The van der Waals surface area contributed by atoms with Crippen LogP contribution in [0.5, 0.6) is 0 Å². The van der Waals surface area contributed by atoms with Crippen LogP contribution in [0.25, 0.3) is 0 Å². The average molecular weight is 309 g/mol. The lowest BCUT2D eigenvalue weighted by molar-refractivity contribution is -0.134. The SMILES string of the molecule is CCCS(=O)(=O)c1ccccc1NCCCC(F)(F)F. The third-order valence-electron chi connectivity index (χ3n) is 2.65. The van der Waals surface area contributed by atoms with Crippen LogP contribution in [0.4, 0.5) is 18.9 Å². The normalized spacial score (nSPS) is 12.4. The van der Waals surface area contributed by atoms with Gasteiger partial charge in [-0.15, -0.1) is 0 Å². The molecule has 1 aromatic carbocycles. The molecule has 20 heavy (non-hydrogen) atoms. The molecule has 0 aliphatic heterocycles. The van der Waals surface area contributed by atoms with Gasteiger partial charge < -0.3 is 5.32 Å². The molecule has 0 radical (unpaired) electrons. The van der Waals surface area contributed by atoms with Gasteiger partial charge in [0.1, 0.15) is 0 Å². The van der Waals surface area contributed by atoms with E-state index in [-0.39, 0.29) is 23.6 Å². The van der Waals surface area contributed by atoms with Gasteiger partial charge in [-0.2, -0.15) is 13.2 Å². The van der Waals surface area contributed by atoms with Crippen molar-refractivity contribution in [2.24, 2.45) is 0 Å². The second-order valence-corrected chi connectivity index (χ2v) is 6.54. The van der Waals surface area contributed by atoms with E-state index in [1.165, 1.54) is 6.07 Å². The maximum atomic E-state index is 12.0. The molecule has 0 aliphatic rings. The van der Waals surface area contributed by atoms with Gasteiger partial charge in [-0.1, -0.05) is 19.1 Å². The zero-order valence-electron chi connectivity index (χ0n) is 11.2. The van der Waals surface area contributed by atoms with Gasteiger partial charge in [-0.3, -0.25) is 0 Å². The Kier molecular flexibility index (Phi) is 5.86. The Morgan fingerprint density at radius 2 is 1.85 bits per heavy atom. The molecule has 0 saturated heterocycles. The van der Waals surface area contributed by atoms with Crippen LogP contribution in [-0.4, -0.2) is 26.9 Å². The molecule has 1 rings (SSSR count). The Morgan fingerprint density at radius 1 is 1.20 bits per heavy atom. The van der Waals surface area contributed by atoms with Crippen LogP contribution in [0.15, 0.2) is 29.2 Å². The summed E-state index contributed by atoms with van der Waals surface area (Å²) in [6.07, 6.45) is -4.67. The van der Waals surface area contributed by atoms with Crippen LogP contribution < -0.4 is 5.32 Å². The van der Waals surface area contributed by atoms with Crippen molar-refractivity contribution in [3.05, 3.63) is 24.3 Å². The molecule has 0 aliphatic carbocycles. The molecule has 0 atom stereocenters. The van der Waals surface area contributed by atoms with E-state index in [9.17, 15) is 21.6 Å². The molecule has 114 valence electrons. The van der Waals surface area contributed by atoms with E-state index in [1.807, 2.05) is 0 Å². The topological polar surface area (TPSA) is 46.2 Å². The summed E-state index contributed by atoms with van der Waals surface area (Å²) in [6.45, 7) is 1.84. The summed E-state index contributed by atoms with van der Waals surface area (Å²) in [5.74, 6) is 0.0221. The minimum atomic E-state index is -4.19. The highest BCUT2D eigenvalue weighted by atomic mass is 32.2. The summed E-state index contributed by atoms with van der Waals surface area (Å²) in [5.41, 5.74) is 0.364. The number of nitrogens with one attached hydrogen (secondary N) is 1. The molecule has 7 heteroatoms. The van der Waals surface area contributed by atoms with Crippen LogP contribution in [0.2, 0.25) is 0 Å². The van der Waals surface area contributed by atoms with Crippen molar-refractivity contribution in [1.29, 1.82) is 0 Å². The van der Waals surface area contributed by atoms with Crippen LogP contribution in [0.3, 0.4) is 0 Å². The van der Waals surface area contributed by atoms with E-state index in [0.29, 0.717) is 12.1 Å². The van der Waals surface area contributed by atoms with E-state index in [4.69, 9.17) is 0 Å². The Balaban J connectivity index is 2.72. The summed E-state index contributed by atoms with van der Waals surface area (Å²) in [5, 5.41) is 2.77. The second-order valence-electron chi connectivity index (χ2n) is 4.46. The number of halogens is 3. The van der Waals surface area contributed by atoms with Crippen molar-refractivity contribution >= 4 is 15.5 Å². The van der Waals surface area contributed by atoms with Gasteiger partial charge in [0.2, 0.25) is 0 Å². The van der Waals surface area contributed by atoms with Crippen molar-refractivity contribution in [3.8, 4) is 0 Å². The Morgan fingerprint density at radius 3 is 2.45 bits per heavy atom. The number of sulfone groups is 1. The number of para-hydroxylation sites is 1. The predicted molar refractivity (Wildman–Crippen MR) is 72.6 cm³/mol. The lowest BCUT2D eigenvalue weighted by atomic mass is 10.2. The fourth-order valence-electron chi connectivity index (χ4n) is 1.77. The fourth-order valence-corrected chi connectivity index (χ4v) is 3.29. The van der Waals surface area contributed by atoms with Crippen molar-refractivity contribution < 1.29 is 21.6 Å². The second kappa shape index (κ2) is 6.97. The van der Waals surface area contributed by atoms with Gasteiger partial charge in [0.15, 0.2) is 9.84 Å². The number of rotatable bonds is 7. The summed E-state index contributed by atoms with van der Waals surface area (Å²) in [6, 6.07) is 6.29. The van der Waals surface area contributed by atoms with Crippen LogP contribution in [-0.2, 0) is 9.84 Å². The first-order chi connectivity index (χ1) is 9.26. The minimum Gasteiger partial charge on any atom is -0.384 e. The smallest absolute Gasteiger partial charge is 0.384 e. The molecule has 0 spiro atoms. The number of anilines is 1. The lowest BCUT2D eigenvalue weighted by Gasteiger charge is -2.12. The molecule has 0 heterocycles. The van der Waals surface area contributed by atoms with Crippen LogP contribution in [0.1, 0.15) is 26.2 Å². The third kappa shape index (κ3) is 5.40.